The van der Waals surface area contributed by atoms with Crippen molar-refractivity contribution in [3.8, 4) is 0 Å². The molecule has 0 spiro atoms. The third-order valence-corrected chi connectivity index (χ3v) is 1.99. The Kier molecular flexibility index (Phi) is 3.61. The van der Waals surface area contributed by atoms with Gasteiger partial charge in [-0.2, -0.15) is 0 Å². The lowest BCUT2D eigenvalue weighted by molar-refractivity contribution is -0.0142. The van der Waals surface area contributed by atoms with Gasteiger partial charge in [0.05, 0.1) is 19.0 Å². The van der Waals surface area contributed by atoms with Gasteiger partial charge in [0.2, 0.25) is 0 Å². The summed E-state index contributed by atoms with van der Waals surface area (Å²) in [6, 6.07) is -0.478. The predicted octanol–water partition coefficient (Wildman–Crippen LogP) is -1.97. The molecule has 0 aromatic rings. The highest BCUT2D eigenvalue weighted by atomic mass is 16.6. The van der Waals surface area contributed by atoms with E-state index in [2.05, 4.69) is 4.99 Å². The number of nitrogens with zero attached hydrogens (tertiary/aromatic N) is 1. The lowest BCUT2D eigenvalue weighted by Gasteiger charge is -2.13. The molecule has 0 aromatic carbocycles. The molecule has 0 aliphatic carbocycles. The number of aliphatic hydroxyl groups is 1. The second-order valence-corrected chi connectivity index (χ2v) is 2.89. The van der Waals surface area contributed by atoms with E-state index in [1.54, 1.807) is 7.11 Å². The summed E-state index contributed by atoms with van der Waals surface area (Å²) < 4.78 is 10.2. The van der Waals surface area contributed by atoms with Crippen molar-refractivity contribution in [2.24, 2.45) is 16.5 Å². The smallest absolute Gasteiger partial charge is 0.177 e. The van der Waals surface area contributed by atoms with E-state index in [-0.39, 0.29) is 6.10 Å². The first-order chi connectivity index (χ1) is 6.20. The first-order valence-electron chi connectivity index (χ1n) is 4.02. The molecule has 5 N–H and O–H groups in total. The second kappa shape index (κ2) is 4.52. The first-order valence-corrected chi connectivity index (χ1v) is 4.02. The monoisotopic (exact) mass is 189 g/mol. The highest BCUT2D eigenvalue weighted by Crippen LogP contribution is 2.20. The molecular weight excluding hydrogens is 174 g/mol. The van der Waals surface area contributed by atoms with Crippen molar-refractivity contribution in [3.05, 3.63) is 0 Å². The largest absolute Gasteiger partial charge is 0.390 e. The van der Waals surface area contributed by atoms with Crippen LogP contribution in [0.4, 0.5) is 0 Å². The van der Waals surface area contributed by atoms with Gasteiger partial charge >= 0.3 is 0 Å². The molecule has 6 nitrogen and oxygen atoms in total. The van der Waals surface area contributed by atoms with E-state index in [0.29, 0.717) is 6.61 Å². The van der Waals surface area contributed by atoms with E-state index in [9.17, 15) is 5.11 Å². The molecule has 1 rings (SSSR count). The van der Waals surface area contributed by atoms with Gasteiger partial charge in [-0.3, -0.25) is 0 Å². The van der Waals surface area contributed by atoms with Crippen LogP contribution in [0.1, 0.15) is 0 Å². The number of methoxy groups -OCH3 is 1. The maximum atomic E-state index is 9.51. The molecule has 1 saturated heterocycles. The van der Waals surface area contributed by atoms with E-state index in [0.717, 1.165) is 6.34 Å². The molecule has 0 aromatic heterocycles. The number of ether oxygens (including phenoxy) is 2. The van der Waals surface area contributed by atoms with Crippen molar-refractivity contribution >= 4 is 6.34 Å². The molecule has 0 bridgehead atoms. The molecule has 1 aliphatic heterocycles. The molecule has 0 unspecified atom stereocenters. The van der Waals surface area contributed by atoms with Crippen LogP contribution in [0, 0.1) is 0 Å². The lowest BCUT2D eigenvalue weighted by atomic mass is 10.1. The van der Waals surface area contributed by atoms with Crippen LogP contribution in [-0.2, 0) is 9.47 Å². The Bertz CT molecular complexity index is 188. The standard InChI is InChI=1S/C7H15N3O3/c1-12-2-4-5(9)6(11)7(13-4)10-3-8/h3-7,11H,2,9H2,1H3,(H2,8,10)/t4-,5-,6-,7-/m1/s1. The quantitative estimate of drug-likeness (QED) is 0.353. The van der Waals surface area contributed by atoms with Gasteiger partial charge in [-0.15, -0.1) is 0 Å². The van der Waals surface area contributed by atoms with Gasteiger partial charge in [0.15, 0.2) is 6.23 Å². The SMILES string of the molecule is COC[C@H]1O[C@@H](N=CN)[C@H](O)[C@@H]1N. The fourth-order valence-corrected chi connectivity index (χ4v) is 1.28. The second-order valence-electron chi connectivity index (χ2n) is 2.89. The van der Waals surface area contributed by atoms with Crippen LogP contribution < -0.4 is 11.5 Å². The van der Waals surface area contributed by atoms with Crippen LogP contribution in [0.25, 0.3) is 0 Å². The summed E-state index contributed by atoms with van der Waals surface area (Å²) in [5, 5.41) is 9.51. The fourth-order valence-electron chi connectivity index (χ4n) is 1.28. The lowest BCUT2D eigenvalue weighted by Crippen LogP contribution is -2.41. The van der Waals surface area contributed by atoms with Crippen LogP contribution in [-0.4, -0.2) is 49.6 Å². The predicted molar refractivity (Wildman–Crippen MR) is 47.2 cm³/mol. The summed E-state index contributed by atoms with van der Waals surface area (Å²) in [6.07, 6.45) is -0.718. The molecule has 1 aliphatic rings. The average Bonchev–Trinajstić information content (AvgIpc) is 2.36. The summed E-state index contributed by atoms with van der Waals surface area (Å²) >= 11 is 0. The average molecular weight is 189 g/mol. The number of aliphatic imine (C=N–C) groups is 1. The summed E-state index contributed by atoms with van der Waals surface area (Å²) in [5.74, 6) is 0. The van der Waals surface area contributed by atoms with Gasteiger partial charge in [0, 0.05) is 7.11 Å². The van der Waals surface area contributed by atoms with Gasteiger partial charge in [-0.1, -0.05) is 0 Å². The van der Waals surface area contributed by atoms with Crippen molar-refractivity contribution in [2.75, 3.05) is 13.7 Å². The number of rotatable bonds is 3. The molecule has 1 fully saturated rings. The van der Waals surface area contributed by atoms with E-state index >= 15 is 0 Å². The van der Waals surface area contributed by atoms with Crippen LogP contribution in [0.5, 0.6) is 0 Å². The summed E-state index contributed by atoms with van der Waals surface area (Å²) in [5.41, 5.74) is 10.7. The van der Waals surface area contributed by atoms with E-state index in [4.69, 9.17) is 20.9 Å². The minimum atomic E-state index is -0.819. The number of hydrogen-bond acceptors (Lipinski definition) is 5. The van der Waals surface area contributed by atoms with E-state index in [1.807, 2.05) is 0 Å². The molecular formula is C7H15N3O3. The Labute approximate surface area is 76.5 Å². The Balaban J connectivity index is 2.55. The van der Waals surface area contributed by atoms with Crippen LogP contribution in [0.3, 0.4) is 0 Å². The van der Waals surface area contributed by atoms with Crippen molar-refractivity contribution < 1.29 is 14.6 Å². The van der Waals surface area contributed by atoms with Crippen molar-refractivity contribution in [3.63, 3.8) is 0 Å². The normalized spacial score (nSPS) is 40.2. The summed E-state index contributed by atoms with van der Waals surface area (Å²) in [7, 11) is 1.54. The summed E-state index contributed by atoms with van der Waals surface area (Å²) in [6.45, 7) is 0.342. The number of aliphatic hydroxyl groups excluding tert-OH is 1. The fraction of sp³-hybridized carbons (Fsp3) is 0.857. The molecule has 4 atom stereocenters. The molecule has 0 saturated carbocycles. The zero-order valence-electron chi connectivity index (χ0n) is 7.46. The zero-order valence-corrected chi connectivity index (χ0v) is 7.46. The maximum absolute atomic E-state index is 9.51. The van der Waals surface area contributed by atoms with Crippen LogP contribution >= 0.6 is 0 Å². The summed E-state index contributed by atoms with van der Waals surface area (Å²) in [4.78, 5) is 3.73. The third-order valence-electron chi connectivity index (χ3n) is 1.99. The third kappa shape index (κ3) is 2.16. The van der Waals surface area contributed by atoms with Gasteiger partial charge in [0.1, 0.15) is 12.2 Å². The van der Waals surface area contributed by atoms with E-state index in [1.165, 1.54) is 0 Å². The molecule has 1 heterocycles. The van der Waals surface area contributed by atoms with Crippen molar-refractivity contribution in [2.45, 2.75) is 24.5 Å². The minimum absolute atomic E-state index is 0.325. The Morgan fingerprint density at radius 2 is 2.38 bits per heavy atom. The molecule has 76 valence electrons. The van der Waals surface area contributed by atoms with Gasteiger partial charge < -0.3 is 26.0 Å². The highest BCUT2D eigenvalue weighted by Gasteiger charge is 2.40. The molecule has 0 amide bonds. The molecule has 6 heteroatoms. The highest BCUT2D eigenvalue weighted by molar-refractivity contribution is 5.51. The molecule has 0 radical (unpaired) electrons. The minimum Gasteiger partial charge on any atom is -0.390 e. The zero-order chi connectivity index (χ0) is 9.84. The van der Waals surface area contributed by atoms with Gasteiger partial charge in [-0.25, -0.2) is 4.99 Å². The number of hydrogen-bond donors (Lipinski definition) is 3. The van der Waals surface area contributed by atoms with E-state index < -0.39 is 18.4 Å². The Morgan fingerprint density at radius 1 is 1.69 bits per heavy atom. The van der Waals surface area contributed by atoms with Gasteiger partial charge in [0.25, 0.3) is 0 Å². The first kappa shape index (κ1) is 10.4. The topological polar surface area (TPSA) is 103 Å². The molecule has 13 heavy (non-hydrogen) atoms. The van der Waals surface area contributed by atoms with Crippen molar-refractivity contribution in [1.29, 1.82) is 0 Å². The van der Waals surface area contributed by atoms with Gasteiger partial charge in [-0.05, 0) is 0 Å². The maximum Gasteiger partial charge on any atom is 0.177 e. The number of nitrogens with two attached hydrogens (primary N) is 2. The Morgan fingerprint density at radius 3 is 2.92 bits per heavy atom. The Hall–Kier alpha value is -0.690. The van der Waals surface area contributed by atoms with Crippen molar-refractivity contribution in [1.82, 2.24) is 0 Å². The van der Waals surface area contributed by atoms with Crippen LogP contribution in [0.15, 0.2) is 4.99 Å². The van der Waals surface area contributed by atoms with Crippen LogP contribution in [0.2, 0.25) is 0 Å².